The van der Waals surface area contributed by atoms with Crippen LogP contribution in [0.3, 0.4) is 0 Å². The van der Waals surface area contributed by atoms with Crippen molar-refractivity contribution in [2.24, 2.45) is 0 Å². The number of amides is 1. The van der Waals surface area contributed by atoms with Crippen molar-refractivity contribution < 1.29 is 22.7 Å². The van der Waals surface area contributed by atoms with Crippen molar-refractivity contribution in [2.75, 3.05) is 24.3 Å². The normalized spacial score (nSPS) is 11.4. The number of alkyl halides is 3. The molecule has 0 aliphatic carbocycles. The Labute approximate surface area is 112 Å². The molecule has 4 nitrogen and oxygen atoms in total. The fraction of sp³-hybridized carbons (Fsp3) is 0.364. The number of nitrogens with one attached hydrogen (secondary N) is 1. The van der Waals surface area contributed by atoms with E-state index in [9.17, 15) is 18.0 Å². The second kappa shape index (κ2) is 6.63. The molecule has 19 heavy (non-hydrogen) atoms. The largest absolute Gasteiger partial charge is 0.411 e. The Balaban J connectivity index is 2.35. The van der Waals surface area contributed by atoms with E-state index in [0.29, 0.717) is 10.7 Å². The number of halogens is 4. The molecular weight excluding hydrogens is 285 g/mol. The van der Waals surface area contributed by atoms with Crippen LogP contribution in [0.25, 0.3) is 0 Å². The van der Waals surface area contributed by atoms with Crippen molar-refractivity contribution in [3.05, 3.63) is 23.2 Å². The fourth-order valence-corrected chi connectivity index (χ4v) is 1.39. The maximum Gasteiger partial charge on any atom is 0.411 e. The Kier molecular flexibility index (Phi) is 5.44. The summed E-state index contributed by atoms with van der Waals surface area (Å²) in [5, 5.41) is 2.87. The molecule has 8 heteroatoms. The Hall–Kier alpha value is -1.47. The van der Waals surface area contributed by atoms with Crippen LogP contribution in [0.2, 0.25) is 5.02 Å². The summed E-state index contributed by atoms with van der Waals surface area (Å²) in [6, 6.07) is 4.50. The molecule has 0 saturated heterocycles. The highest BCUT2D eigenvalue weighted by atomic mass is 35.5. The van der Waals surface area contributed by atoms with Gasteiger partial charge in [-0.3, -0.25) is 4.79 Å². The van der Waals surface area contributed by atoms with Gasteiger partial charge in [-0.2, -0.15) is 13.2 Å². The number of nitrogens with two attached hydrogens (primary N) is 1. The third kappa shape index (κ3) is 6.30. The minimum absolute atomic E-state index is 0.196. The van der Waals surface area contributed by atoms with Gasteiger partial charge >= 0.3 is 6.18 Å². The molecule has 0 fully saturated rings. The van der Waals surface area contributed by atoms with Gasteiger partial charge in [-0.05, 0) is 18.2 Å². The van der Waals surface area contributed by atoms with Crippen LogP contribution >= 0.6 is 11.6 Å². The van der Waals surface area contributed by atoms with Crippen LogP contribution in [0.15, 0.2) is 18.2 Å². The standard InChI is InChI=1S/C11H12ClF3N2O2/c12-7-1-2-9(8(16)5-7)17-10(18)3-4-19-6-11(13,14)15/h1-2,5H,3-4,6,16H2,(H,17,18). The lowest BCUT2D eigenvalue weighted by Gasteiger charge is -2.09. The maximum atomic E-state index is 11.8. The number of benzene rings is 1. The van der Waals surface area contributed by atoms with E-state index < -0.39 is 18.7 Å². The lowest BCUT2D eigenvalue weighted by molar-refractivity contribution is -0.174. The minimum atomic E-state index is -4.39. The van der Waals surface area contributed by atoms with Crippen LogP contribution in [-0.4, -0.2) is 25.3 Å². The molecule has 0 unspecified atom stereocenters. The van der Waals surface area contributed by atoms with Gasteiger partial charge in [-0.15, -0.1) is 0 Å². The van der Waals surface area contributed by atoms with E-state index >= 15 is 0 Å². The first-order chi connectivity index (χ1) is 8.78. The zero-order chi connectivity index (χ0) is 14.5. The molecular formula is C11H12ClF3N2O2. The fourth-order valence-electron chi connectivity index (χ4n) is 1.21. The first kappa shape index (κ1) is 15.6. The highest BCUT2D eigenvalue weighted by molar-refractivity contribution is 6.31. The molecule has 3 N–H and O–H groups in total. The predicted molar refractivity (Wildman–Crippen MR) is 66.0 cm³/mol. The van der Waals surface area contributed by atoms with Gasteiger partial charge in [0.1, 0.15) is 6.61 Å². The summed E-state index contributed by atoms with van der Waals surface area (Å²) in [7, 11) is 0. The molecule has 0 aliphatic rings. The number of hydrogen-bond donors (Lipinski definition) is 2. The van der Waals surface area contributed by atoms with Crippen molar-refractivity contribution in [3.63, 3.8) is 0 Å². The van der Waals surface area contributed by atoms with Crippen molar-refractivity contribution in [2.45, 2.75) is 12.6 Å². The van der Waals surface area contributed by atoms with Crippen LogP contribution in [0.5, 0.6) is 0 Å². The molecule has 0 bridgehead atoms. The van der Waals surface area contributed by atoms with E-state index in [4.69, 9.17) is 17.3 Å². The van der Waals surface area contributed by atoms with Crippen molar-refractivity contribution in [3.8, 4) is 0 Å². The second-order valence-electron chi connectivity index (χ2n) is 3.70. The molecule has 1 amide bonds. The number of nitrogen functional groups attached to an aromatic ring is 1. The quantitative estimate of drug-likeness (QED) is 0.649. The molecule has 0 saturated carbocycles. The Bertz CT molecular complexity index is 452. The Morgan fingerprint density at radius 1 is 1.42 bits per heavy atom. The van der Waals surface area contributed by atoms with E-state index in [1.54, 1.807) is 0 Å². The SMILES string of the molecule is Nc1cc(Cl)ccc1NC(=O)CCOCC(F)(F)F. The predicted octanol–water partition coefficient (Wildman–Crippen LogP) is 2.83. The molecule has 0 atom stereocenters. The van der Waals surface area contributed by atoms with E-state index in [0.717, 1.165) is 0 Å². The summed E-state index contributed by atoms with van der Waals surface area (Å²) in [4.78, 5) is 11.4. The molecule has 0 aliphatic heterocycles. The summed E-state index contributed by atoms with van der Waals surface area (Å²) in [6.45, 7) is -1.69. The number of carbonyl (C=O) groups excluding carboxylic acids is 1. The number of carbonyl (C=O) groups is 1. The molecule has 0 radical (unpaired) electrons. The highest BCUT2D eigenvalue weighted by Gasteiger charge is 2.27. The number of rotatable bonds is 5. The number of anilines is 2. The zero-order valence-electron chi connectivity index (χ0n) is 9.76. The first-order valence-electron chi connectivity index (χ1n) is 5.27. The van der Waals surface area contributed by atoms with E-state index in [-0.39, 0.29) is 18.7 Å². The van der Waals surface area contributed by atoms with Crippen molar-refractivity contribution in [1.29, 1.82) is 0 Å². The summed E-state index contributed by atoms with van der Waals surface area (Å²) < 4.78 is 39.6. The summed E-state index contributed by atoms with van der Waals surface area (Å²) >= 11 is 5.68. The van der Waals surface area contributed by atoms with Gasteiger partial charge in [0.2, 0.25) is 5.91 Å². The average molecular weight is 297 g/mol. The summed E-state index contributed by atoms with van der Waals surface area (Å²) in [5.41, 5.74) is 6.23. The van der Waals surface area contributed by atoms with Gasteiger partial charge in [-0.25, -0.2) is 0 Å². The second-order valence-corrected chi connectivity index (χ2v) is 4.13. The van der Waals surface area contributed by atoms with Crippen molar-refractivity contribution >= 4 is 28.9 Å². The monoisotopic (exact) mass is 296 g/mol. The maximum absolute atomic E-state index is 11.8. The van der Waals surface area contributed by atoms with Crippen LogP contribution < -0.4 is 11.1 Å². The number of hydrogen-bond acceptors (Lipinski definition) is 3. The molecule has 1 aromatic carbocycles. The third-order valence-corrected chi connectivity index (χ3v) is 2.26. The average Bonchev–Trinajstić information content (AvgIpc) is 2.27. The Morgan fingerprint density at radius 2 is 2.11 bits per heavy atom. The first-order valence-corrected chi connectivity index (χ1v) is 5.65. The van der Waals surface area contributed by atoms with Gasteiger partial charge in [-0.1, -0.05) is 11.6 Å². The molecule has 106 valence electrons. The minimum Gasteiger partial charge on any atom is -0.397 e. The van der Waals surface area contributed by atoms with E-state index in [1.807, 2.05) is 0 Å². The van der Waals surface area contributed by atoms with Gasteiger partial charge in [0, 0.05) is 5.02 Å². The van der Waals surface area contributed by atoms with Crippen LogP contribution in [-0.2, 0) is 9.53 Å². The summed E-state index contributed by atoms with van der Waals surface area (Å²) in [6.07, 6.45) is -4.59. The highest BCUT2D eigenvalue weighted by Crippen LogP contribution is 2.22. The smallest absolute Gasteiger partial charge is 0.397 e. The Morgan fingerprint density at radius 3 is 2.68 bits per heavy atom. The van der Waals surface area contributed by atoms with Gasteiger partial charge in [0.25, 0.3) is 0 Å². The summed E-state index contributed by atoms with van der Waals surface area (Å²) in [5.74, 6) is -0.490. The number of ether oxygens (including phenoxy) is 1. The van der Waals surface area contributed by atoms with Crippen LogP contribution in [0, 0.1) is 0 Å². The van der Waals surface area contributed by atoms with Gasteiger partial charge in [0.15, 0.2) is 0 Å². The molecule has 0 aromatic heterocycles. The van der Waals surface area contributed by atoms with Gasteiger partial charge in [0.05, 0.1) is 24.4 Å². The topological polar surface area (TPSA) is 64.3 Å². The zero-order valence-corrected chi connectivity index (χ0v) is 10.5. The third-order valence-electron chi connectivity index (χ3n) is 2.03. The molecule has 1 aromatic rings. The lowest BCUT2D eigenvalue weighted by atomic mass is 10.2. The lowest BCUT2D eigenvalue weighted by Crippen LogP contribution is -2.20. The molecule has 0 heterocycles. The molecule has 0 spiro atoms. The van der Waals surface area contributed by atoms with Crippen LogP contribution in [0.4, 0.5) is 24.5 Å². The van der Waals surface area contributed by atoms with Gasteiger partial charge < -0.3 is 15.8 Å². The van der Waals surface area contributed by atoms with Crippen LogP contribution in [0.1, 0.15) is 6.42 Å². The van der Waals surface area contributed by atoms with Crippen molar-refractivity contribution in [1.82, 2.24) is 0 Å². The molecule has 1 rings (SSSR count). The van der Waals surface area contributed by atoms with E-state index in [2.05, 4.69) is 10.1 Å². The van der Waals surface area contributed by atoms with E-state index in [1.165, 1.54) is 18.2 Å².